The van der Waals surface area contributed by atoms with Gasteiger partial charge in [0.1, 0.15) is 5.69 Å². The van der Waals surface area contributed by atoms with E-state index in [1.165, 1.54) is 18.5 Å². The molecule has 0 aromatic carbocycles. The molecule has 0 radical (unpaired) electrons. The van der Waals surface area contributed by atoms with Crippen molar-refractivity contribution in [3.05, 3.63) is 72.6 Å². The Morgan fingerprint density at radius 1 is 1.18 bits per heavy atom. The number of rotatable bonds is 3. The molecule has 5 heterocycles. The Balaban J connectivity index is 1.55. The molecule has 5 rings (SSSR count). The van der Waals surface area contributed by atoms with Crippen LogP contribution in [-0.2, 0) is 0 Å². The minimum absolute atomic E-state index is 0.157. The fourth-order valence-corrected chi connectivity index (χ4v) is 3.01. The molecule has 0 aliphatic rings. The van der Waals surface area contributed by atoms with E-state index in [2.05, 4.69) is 30.6 Å². The number of aromatic nitrogens is 6. The van der Waals surface area contributed by atoms with Gasteiger partial charge in [-0.3, -0.25) is 14.9 Å². The highest BCUT2D eigenvalue weighted by atomic mass is 19.1. The SMILES string of the molecule is O=C(Nc1n[nH]c2nc(-c3cnn4ccccc34)c(F)cc12)c1ccncc1. The molecule has 5 aromatic rings. The molecule has 28 heavy (non-hydrogen) atoms. The molecule has 136 valence electrons. The third-order valence-corrected chi connectivity index (χ3v) is 4.36. The van der Waals surface area contributed by atoms with Gasteiger partial charge in [-0.05, 0) is 30.3 Å². The first kappa shape index (κ1) is 16.1. The van der Waals surface area contributed by atoms with Crippen LogP contribution >= 0.6 is 0 Å². The average molecular weight is 373 g/mol. The van der Waals surface area contributed by atoms with Gasteiger partial charge in [-0.2, -0.15) is 10.2 Å². The Morgan fingerprint density at radius 3 is 2.89 bits per heavy atom. The molecule has 0 saturated heterocycles. The summed E-state index contributed by atoms with van der Waals surface area (Å²) in [7, 11) is 0. The summed E-state index contributed by atoms with van der Waals surface area (Å²) in [6.45, 7) is 0. The van der Waals surface area contributed by atoms with Gasteiger partial charge in [0, 0.05) is 29.7 Å². The van der Waals surface area contributed by atoms with Crippen LogP contribution in [0.25, 0.3) is 27.8 Å². The van der Waals surface area contributed by atoms with Crippen molar-refractivity contribution in [2.45, 2.75) is 0 Å². The molecule has 0 saturated carbocycles. The van der Waals surface area contributed by atoms with Crippen molar-refractivity contribution >= 4 is 28.3 Å². The second-order valence-electron chi connectivity index (χ2n) is 6.07. The van der Waals surface area contributed by atoms with Crippen LogP contribution in [0.5, 0.6) is 0 Å². The van der Waals surface area contributed by atoms with Crippen molar-refractivity contribution in [3.63, 3.8) is 0 Å². The standard InChI is InChI=1S/C19H12FN7O/c20-14-9-12-17(23-16(14)13-10-22-27-8-2-1-3-15(13)27)25-26-18(12)24-19(28)11-4-6-21-7-5-11/h1-10H,(H2,23,24,25,26,28). The monoisotopic (exact) mass is 373 g/mol. The van der Waals surface area contributed by atoms with Crippen molar-refractivity contribution < 1.29 is 9.18 Å². The quantitative estimate of drug-likeness (QED) is 0.506. The van der Waals surface area contributed by atoms with E-state index in [1.807, 2.05) is 18.2 Å². The van der Waals surface area contributed by atoms with Gasteiger partial charge in [-0.15, -0.1) is 0 Å². The average Bonchev–Trinajstić information content (AvgIpc) is 3.32. The topological polar surface area (TPSA) is 101 Å². The van der Waals surface area contributed by atoms with Gasteiger partial charge in [0.05, 0.1) is 17.1 Å². The van der Waals surface area contributed by atoms with E-state index in [4.69, 9.17) is 0 Å². The third kappa shape index (κ3) is 2.57. The molecule has 0 aliphatic heterocycles. The number of hydrogen-bond acceptors (Lipinski definition) is 5. The van der Waals surface area contributed by atoms with E-state index in [1.54, 1.807) is 29.0 Å². The summed E-state index contributed by atoms with van der Waals surface area (Å²) in [5.41, 5.74) is 2.24. The first-order valence-electron chi connectivity index (χ1n) is 8.39. The van der Waals surface area contributed by atoms with Gasteiger partial charge in [0.2, 0.25) is 0 Å². The fourth-order valence-electron chi connectivity index (χ4n) is 3.01. The molecule has 0 spiro atoms. The Kier molecular flexibility index (Phi) is 3.58. The maximum absolute atomic E-state index is 14.9. The smallest absolute Gasteiger partial charge is 0.256 e. The molecule has 8 nitrogen and oxygen atoms in total. The second-order valence-corrected chi connectivity index (χ2v) is 6.07. The van der Waals surface area contributed by atoms with Crippen LogP contribution in [0.3, 0.4) is 0 Å². The number of nitrogens with one attached hydrogen (secondary N) is 2. The minimum Gasteiger partial charge on any atom is -0.305 e. The van der Waals surface area contributed by atoms with Crippen LogP contribution in [0.15, 0.2) is 61.2 Å². The van der Waals surface area contributed by atoms with Crippen molar-refractivity contribution in [2.75, 3.05) is 5.32 Å². The Morgan fingerprint density at radius 2 is 2.04 bits per heavy atom. The van der Waals surface area contributed by atoms with E-state index in [0.717, 1.165) is 5.52 Å². The third-order valence-electron chi connectivity index (χ3n) is 4.36. The lowest BCUT2D eigenvalue weighted by molar-refractivity contribution is 0.102. The number of carbonyl (C=O) groups excluding carboxylic acids is 1. The van der Waals surface area contributed by atoms with Gasteiger partial charge in [-0.1, -0.05) is 6.07 Å². The molecule has 5 aromatic heterocycles. The maximum Gasteiger partial charge on any atom is 0.256 e. The van der Waals surface area contributed by atoms with E-state index in [-0.39, 0.29) is 17.4 Å². The highest BCUT2D eigenvalue weighted by Crippen LogP contribution is 2.29. The number of nitrogens with zero attached hydrogens (tertiary/aromatic N) is 5. The molecule has 0 unspecified atom stereocenters. The molecule has 0 bridgehead atoms. The van der Waals surface area contributed by atoms with E-state index in [0.29, 0.717) is 22.2 Å². The molecule has 0 atom stereocenters. The van der Waals surface area contributed by atoms with Crippen molar-refractivity contribution in [1.29, 1.82) is 0 Å². The zero-order chi connectivity index (χ0) is 19.1. The van der Waals surface area contributed by atoms with Gasteiger partial charge in [-0.25, -0.2) is 13.9 Å². The highest BCUT2D eigenvalue weighted by molar-refractivity contribution is 6.07. The number of anilines is 1. The Bertz CT molecular complexity index is 1330. The predicted octanol–water partition coefficient (Wildman–Crippen LogP) is 3.06. The first-order valence-corrected chi connectivity index (χ1v) is 8.39. The normalized spacial score (nSPS) is 11.2. The number of pyridine rings is 3. The number of aromatic amines is 1. The van der Waals surface area contributed by atoms with Crippen LogP contribution < -0.4 is 5.32 Å². The fraction of sp³-hybridized carbons (Fsp3) is 0. The summed E-state index contributed by atoms with van der Waals surface area (Å²) < 4.78 is 16.5. The second kappa shape index (κ2) is 6.23. The van der Waals surface area contributed by atoms with Gasteiger partial charge in [0.25, 0.3) is 5.91 Å². The lowest BCUT2D eigenvalue weighted by Crippen LogP contribution is -2.12. The summed E-state index contributed by atoms with van der Waals surface area (Å²) in [6, 6.07) is 9.97. The summed E-state index contributed by atoms with van der Waals surface area (Å²) in [6.07, 6.45) is 6.37. The van der Waals surface area contributed by atoms with Crippen LogP contribution in [0.4, 0.5) is 10.2 Å². The minimum atomic E-state index is -0.535. The zero-order valence-corrected chi connectivity index (χ0v) is 14.3. The maximum atomic E-state index is 14.9. The summed E-state index contributed by atoms with van der Waals surface area (Å²) in [5.74, 6) is -0.704. The number of H-pyrrole nitrogens is 1. The lowest BCUT2D eigenvalue weighted by atomic mass is 10.1. The van der Waals surface area contributed by atoms with E-state index < -0.39 is 5.82 Å². The molecule has 1 amide bonds. The van der Waals surface area contributed by atoms with Crippen molar-refractivity contribution in [2.24, 2.45) is 0 Å². The molecular weight excluding hydrogens is 361 g/mol. The zero-order valence-electron chi connectivity index (χ0n) is 14.3. The summed E-state index contributed by atoms with van der Waals surface area (Å²) >= 11 is 0. The Labute approximate surface area is 157 Å². The highest BCUT2D eigenvalue weighted by Gasteiger charge is 2.18. The number of halogens is 1. The molecule has 9 heteroatoms. The number of fused-ring (bicyclic) bond motifs is 2. The van der Waals surface area contributed by atoms with E-state index >= 15 is 0 Å². The predicted molar refractivity (Wildman–Crippen MR) is 100 cm³/mol. The largest absolute Gasteiger partial charge is 0.305 e. The summed E-state index contributed by atoms with van der Waals surface area (Å²) in [4.78, 5) is 20.6. The number of hydrogen-bond donors (Lipinski definition) is 2. The molecular formula is C19H12FN7O. The lowest BCUT2D eigenvalue weighted by Gasteiger charge is -2.04. The van der Waals surface area contributed by atoms with Crippen LogP contribution in [-0.4, -0.2) is 35.7 Å². The molecule has 2 N–H and O–H groups in total. The van der Waals surface area contributed by atoms with Crippen LogP contribution in [0, 0.1) is 5.82 Å². The molecule has 0 fully saturated rings. The Hall–Kier alpha value is -4.14. The summed E-state index contributed by atoms with van der Waals surface area (Å²) in [5, 5.41) is 14.1. The van der Waals surface area contributed by atoms with Crippen LogP contribution in [0.2, 0.25) is 0 Å². The molecule has 0 aliphatic carbocycles. The van der Waals surface area contributed by atoms with Gasteiger partial charge in [0.15, 0.2) is 17.3 Å². The van der Waals surface area contributed by atoms with Crippen molar-refractivity contribution in [3.8, 4) is 11.3 Å². The van der Waals surface area contributed by atoms with Gasteiger partial charge < -0.3 is 5.32 Å². The first-order chi connectivity index (χ1) is 13.7. The van der Waals surface area contributed by atoms with E-state index in [9.17, 15) is 9.18 Å². The van der Waals surface area contributed by atoms with Crippen molar-refractivity contribution in [1.82, 2.24) is 29.8 Å². The number of carbonyl (C=O) groups is 1. The van der Waals surface area contributed by atoms with Crippen LogP contribution in [0.1, 0.15) is 10.4 Å². The number of amides is 1. The van der Waals surface area contributed by atoms with Gasteiger partial charge >= 0.3 is 0 Å².